The van der Waals surface area contributed by atoms with Crippen molar-refractivity contribution >= 4 is 23.8 Å². The molecule has 1 amide bonds. The number of ether oxygens (including phenoxy) is 1. The first-order valence-corrected chi connectivity index (χ1v) is 7.81. The van der Waals surface area contributed by atoms with Gasteiger partial charge in [0.2, 0.25) is 0 Å². The summed E-state index contributed by atoms with van der Waals surface area (Å²) >= 11 is 0. The number of nitrogens with one attached hydrogen (secondary N) is 1. The number of unbranched alkanes of at least 4 members (excludes halogenated alkanes) is 1. The van der Waals surface area contributed by atoms with Gasteiger partial charge in [-0.05, 0) is 24.6 Å². The molecule has 132 valence electrons. The lowest BCUT2D eigenvalue weighted by atomic mass is 10.1. The summed E-state index contributed by atoms with van der Waals surface area (Å²) in [7, 11) is 0. The van der Waals surface area contributed by atoms with Crippen molar-refractivity contribution in [2.75, 3.05) is 18.9 Å². The van der Waals surface area contributed by atoms with Gasteiger partial charge in [-0.15, -0.1) is 0 Å². The average molecular weight is 335 g/mol. The molecule has 0 saturated heterocycles. The second-order valence-electron chi connectivity index (χ2n) is 5.27. The summed E-state index contributed by atoms with van der Waals surface area (Å²) in [4.78, 5) is 27.3. The van der Waals surface area contributed by atoms with Crippen LogP contribution in [0.4, 0.5) is 5.69 Å². The molecule has 1 rings (SSSR count). The summed E-state index contributed by atoms with van der Waals surface area (Å²) in [5.74, 6) is -0.0846. The molecule has 0 spiro atoms. The smallest absolute Gasteiger partial charge is 0.255 e. The predicted octanol–water partition coefficient (Wildman–Crippen LogP) is 0.409. The van der Waals surface area contributed by atoms with Gasteiger partial charge in [-0.25, -0.2) is 0 Å². The fourth-order valence-corrected chi connectivity index (χ4v) is 2.03. The number of amides is 1. The molecule has 0 aliphatic heterocycles. The number of hydrogen-bond acceptors (Lipinski definition) is 5. The van der Waals surface area contributed by atoms with E-state index in [2.05, 4.69) is 10.3 Å². The van der Waals surface area contributed by atoms with Crippen LogP contribution in [0, 0.1) is 0 Å². The highest BCUT2D eigenvalue weighted by molar-refractivity contribution is 5.99. The van der Waals surface area contributed by atoms with Gasteiger partial charge < -0.3 is 32.0 Å². The van der Waals surface area contributed by atoms with E-state index in [1.54, 1.807) is 12.1 Å². The van der Waals surface area contributed by atoms with Crippen LogP contribution in [-0.2, 0) is 4.79 Å². The Morgan fingerprint density at radius 1 is 1.42 bits per heavy atom. The molecule has 0 bridgehead atoms. The molecule has 8 heteroatoms. The molecule has 0 fully saturated rings. The predicted molar refractivity (Wildman–Crippen MR) is 93.9 cm³/mol. The minimum atomic E-state index is -0.534. The van der Waals surface area contributed by atoms with Gasteiger partial charge in [-0.1, -0.05) is 19.8 Å². The van der Waals surface area contributed by atoms with E-state index in [1.807, 2.05) is 6.92 Å². The number of aldehydes is 1. The van der Waals surface area contributed by atoms with Gasteiger partial charge in [0.1, 0.15) is 18.6 Å². The molecule has 0 aliphatic carbocycles. The van der Waals surface area contributed by atoms with Crippen molar-refractivity contribution in [1.29, 1.82) is 0 Å². The van der Waals surface area contributed by atoms with Gasteiger partial charge in [0, 0.05) is 5.69 Å². The number of nitrogens with zero attached hydrogens (tertiary/aromatic N) is 1. The van der Waals surface area contributed by atoms with E-state index in [0.29, 0.717) is 17.9 Å². The van der Waals surface area contributed by atoms with Crippen LogP contribution in [0.5, 0.6) is 5.75 Å². The zero-order valence-electron chi connectivity index (χ0n) is 13.8. The molecule has 0 heterocycles. The van der Waals surface area contributed by atoms with E-state index in [1.165, 1.54) is 6.07 Å². The third-order valence-corrected chi connectivity index (χ3v) is 3.24. The first-order valence-electron chi connectivity index (χ1n) is 7.81. The minimum Gasteiger partial charge on any atom is -0.491 e. The molecule has 1 aromatic carbocycles. The first-order chi connectivity index (χ1) is 11.5. The second kappa shape index (κ2) is 10.1. The van der Waals surface area contributed by atoms with E-state index < -0.39 is 11.9 Å². The highest BCUT2D eigenvalue weighted by Crippen LogP contribution is 2.21. The number of aliphatic imine (C=N–C) groups is 1. The molecule has 24 heavy (non-hydrogen) atoms. The molecular formula is C16H25N5O3. The number of nitrogens with two attached hydrogens (primary N) is 3. The average Bonchev–Trinajstić information content (AvgIpc) is 2.56. The van der Waals surface area contributed by atoms with E-state index in [-0.39, 0.29) is 24.7 Å². The zero-order chi connectivity index (χ0) is 17.9. The standard InChI is InChI=1S/C16H25N5O3/c1-2-3-4-12(10-22)21-15(23)13-9-11(17)5-6-14(13)24-8-7-20-16(18)19/h5-6,9-10,12H,2-4,7-8,17H2,1H3,(H,21,23)(H4,18,19,20)/t12-/m0/s1. The SMILES string of the molecule is CCCC[C@@H](C=O)NC(=O)c1cc(N)ccc1OCCN=C(N)N. The van der Waals surface area contributed by atoms with E-state index in [4.69, 9.17) is 21.9 Å². The lowest BCUT2D eigenvalue weighted by Crippen LogP contribution is -2.36. The Balaban J connectivity index is 2.80. The molecule has 1 aromatic rings. The molecule has 7 N–H and O–H groups in total. The molecule has 0 saturated carbocycles. The molecule has 1 atom stereocenters. The quantitative estimate of drug-likeness (QED) is 0.160. The highest BCUT2D eigenvalue weighted by atomic mass is 16.5. The van der Waals surface area contributed by atoms with Crippen molar-refractivity contribution in [2.24, 2.45) is 16.5 Å². The lowest BCUT2D eigenvalue weighted by molar-refractivity contribution is -0.109. The molecule has 0 radical (unpaired) electrons. The molecule has 0 aliphatic rings. The topological polar surface area (TPSA) is 146 Å². The Morgan fingerprint density at radius 3 is 2.79 bits per heavy atom. The summed E-state index contributed by atoms with van der Waals surface area (Å²) in [5, 5.41) is 2.68. The Kier molecular flexibility index (Phi) is 8.10. The summed E-state index contributed by atoms with van der Waals surface area (Å²) in [6.45, 7) is 2.49. The first kappa shape index (κ1) is 19.3. The zero-order valence-corrected chi connectivity index (χ0v) is 13.8. The van der Waals surface area contributed by atoms with Gasteiger partial charge in [0.15, 0.2) is 5.96 Å². The molecular weight excluding hydrogens is 310 g/mol. The van der Waals surface area contributed by atoms with Crippen molar-refractivity contribution in [1.82, 2.24) is 5.32 Å². The van der Waals surface area contributed by atoms with E-state index in [9.17, 15) is 9.59 Å². The maximum absolute atomic E-state index is 12.4. The lowest BCUT2D eigenvalue weighted by Gasteiger charge is -2.15. The van der Waals surface area contributed by atoms with Crippen molar-refractivity contribution in [3.8, 4) is 5.75 Å². The summed E-state index contributed by atoms with van der Waals surface area (Å²) in [6.07, 6.45) is 3.12. The van der Waals surface area contributed by atoms with Crippen molar-refractivity contribution in [3.05, 3.63) is 23.8 Å². The third-order valence-electron chi connectivity index (χ3n) is 3.24. The summed E-state index contributed by atoms with van der Waals surface area (Å²) < 4.78 is 5.54. The number of hydrogen-bond donors (Lipinski definition) is 4. The fourth-order valence-electron chi connectivity index (χ4n) is 2.03. The number of nitrogen functional groups attached to an aromatic ring is 1. The number of guanidine groups is 1. The van der Waals surface area contributed by atoms with Crippen LogP contribution in [0.2, 0.25) is 0 Å². The number of rotatable bonds is 10. The van der Waals surface area contributed by atoms with Crippen LogP contribution >= 0.6 is 0 Å². The largest absolute Gasteiger partial charge is 0.491 e. The van der Waals surface area contributed by atoms with Crippen LogP contribution in [0.3, 0.4) is 0 Å². The number of anilines is 1. The monoisotopic (exact) mass is 335 g/mol. The van der Waals surface area contributed by atoms with Crippen LogP contribution in [0.1, 0.15) is 36.5 Å². The van der Waals surface area contributed by atoms with Crippen LogP contribution in [0.25, 0.3) is 0 Å². The van der Waals surface area contributed by atoms with Gasteiger partial charge in [-0.2, -0.15) is 0 Å². The number of benzene rings is 1. The Labute approximate surface area is 141 Å². The van der Waals surface area contributed by atoms with Crippen molar-refractivity contribution in [3.63, 3.8) is 0 Å². The van der Waals surface area contributed by atoms with Gasteiger partial charge in [0.25, 0.3) is 5.91 Å². The molecule has 0 unspecified atom stereocenters. The summed E-state index contributed by atoms with van der Waals surface area (Å²) in [6, 6.07) is 4.20. The normalized spacial score (nSPS) is 11.4. The van der Waals surface area contributed by atoms with Crippen LogP contribution in [-0.4, -0.2) is 37.3 Å². The highest BCUT2D eigenvalue weighted by Gasteiger charge is 2.17. The van der Waals surface area contributed by atoms with Gasteiger partial charge in [0.05, 0.1) is 18.2 Å². The Hall–Kier alpha value is -2.77. The molecule has 8 nitrogen and oxygen atoms in total. The van der Waals surface area contributed by atoms with Crippen molar-refractivity contribution < 1.29 is 14.3 Å². The Morgan fingerprint density at radius 2 is 2.17 bits per heavy atom. The minimum absolute atomic E-state index is 0.0291. The van der Waals surface area contributed by atoms with E-state index in [0.717, 1.165) is 19.1 Å². The summed E-state index contributed by atoms with van der Waals surface area (Å²) in [5.41, 5.74) is 16.9. The second-order valence-corrected chi connectivity index (χ2v) is 5.27. The van der Waals surface area contributed by atoms with Gasteiger partial charge >= 0.3 is 0 Å². The van der Waals surface area contributed by atoms with Crippen LogP contribution in [0.15, 0.2) is 23.2 Å². The maximum Gasteiger partial charge on any atom is 0.255 e. The van der Waals surface area contributed by atoms with Gasteiger partial charge in [-0.3, -0.25) is 9.79 Å². The maximum atomic E-state index is 12.4. The Bertz CT molecular complexity index is 585. The van der Waals surface area contributed by atoms with Crippen LogP contribution < -0.4 is 27.3 Å². The van der Waals surface area contributed by atoms with E-state index >= 15 is 0 Å². The third kappa shape index (κ3) is 6.55. The fraction of sp³-hybridized carbons (Fsp3) is 0.438. The molecule has 0 aromatic heterocycles. The number of carbonyl (C=O) groups is 2. The van der Waals surface area contributed by atoms with Crippen molar-refractivity contribution in [2.45, 2.75) is 32.2 Å². The number of carbonyl (C=O) groups excluding carboxylic acids is 2.